The van der Waals surface area contributed by atoms with Crippen molar-refractivity contribution >= 4 is 39.9 Å². The summed E-state index contributed by atoms with van der Waals surface area (Å²) < 4.78 is 5.49. The van der Waals surface area contributed by atoms with E-state index in [0.717, 1.165) is 26.8 Å². The largest absolute Gasteiger partial charge is 0.494 e. The number of benzene rings is 3. The molecule has 1 aliphatic rings. The van der Waals surface area contributed by atoms with Crippen molar-refractivity contribution in [1.82, 2.24) is 4.98 Å². The lowest BCUT2D eigenvalue weighted by molar-refractivity contribution is 0.0924. The number of ether oxygens (including phenoxy) is 1. The van der Waals surface area contributed by atoms with Crippen LogP contribution in [-0.4, -0.2) is 29.3 Å². The highest BCUT2D eigenvalue weighted by molar-refractivity contribution is 7.16. The average molecular weight is 484 g/mol. The highest BCUT2D eigenvalue weighted by atomic mass is 32.1. The fourth-order valence-corrected chi connectivity index (χ4v) is 4.80. The highest BCUT2D eigenvalue weighted by Crippen LogP contribution is 2.32. The highest BCUT2D eigenvalue weighted by Gasteiger charge is 2.36. The number of fused-ring (bicyclic) bond motifs is 1. The number of rotatable bonds is 6. The van der Waals surface area contributed by atoms with Crippen LogP contribution in [0.4, 0.5) is 10.8 Å². The van der Waals surface area contributed by atoms with E-state index in [1.807, 2.05) is 38.1 Å². The maximum absolute atomic E-state index is 13.0. The van der Waals surface area contributed by atoms with E-state index in [9.17, 15) is 14.4 Å². The van der Waals surface area contributed by atoms with Gasteiger partial charge in [-0.3, -0.25) is 19.7 Å². The summed E-state index contributed by atoms with van der Waals surface area (Å²) >= 11 is 1.38. The number of amides is 3. The number of thiazole rings is 1. The van der Waals surface area contributed by atoms with Crippen molar-refractivity contribution in [2.24, 2.45) is 0 Å². The molecule has 0 saturated heterocycles. The van der Waals surface area contributed by atoms with E-state index < -0.39 is 11.8 Å². The number of nitrogens with one attached hydrogen (secondary N) is 1. The van der Waals surface area contributed by atoms with Gasteiger partial charge in [0.2, 0.25) is 0 Å². The van der Waals surface area contributed by atoms with Gasteiger partial charge in [-0.05, 0) is 68.4 Å². The zero-order valence-electron chi connectivity index (χ0n) is 19.1. The Kier molecular flexibility index (Phi) is 5.88. The first-order valence-corrected chi connectivity index (χ1v) is 11.9. The van der Waals surface area contributed by atoms with Gasteiger partial charge in [0.05, 0.1) is 29.1 Å². The first-order chi connectivity index (χ1) is 17.0. The molecule has 0 radical (unpaired) electrons. The molecule has 3 amide bonds. The molecule has 0 saturated carbocycles. The molecule has 1 aliphatic heterocycles. The van der Waals surface area contributed by atoms with E-state index >= 15 is 0 Å². The van der Waals surface area contributed by atoms with Crippen LogP contribution in [0.3, 0.4) is 0 Å². The molecular weight excluding hydrogens is 462 g/mol. The van der Waals surface area contributed by atoms with Crippen molar-refractivity contribution in [3.05, 3.63) is 94.4 Å². The summed E-state index contributed by atoms with van der Waals surface area (Å²) in [4.78, 5) is 45.2. The lowest BCUT2D eigenvalue weighted by atomic mass is 10.1. The Morgan fingerprint density at radius 3 is 2.31 bits per heavy atom. The average Bonchev–Trinajstić information content (AvgIpc) is 3.36. The van der Waals surface area contributed by atoms with E-state index in [1.54, 1.807) is 42.5 Å². The van der Waals surface area contributed by atoms with Gasteiger partial charge in [0, 0.05) is 16.0 Å². The van der Waals surface area contributed by atoms with Crippen molar-refractivity contribution in [2.45, 2.75) is 13.8 Å². The van der Waals surface area contributed by atoms with Gasteiger partial charge in [0.25, 0.3) is 17.7 Å². The van der Waals surface area contributed by atoms with E-state index in [0.29, 0.717) is 34.1 Å². The van der Waals surface area contributed by atoms with Crippen molar-refractivity contribution in [1.29, 1.82) is 0 Å². The second-order valence-corrected chi connectivity index (χ2v) is 9.08. The third-order valence-electron chi connectivity index (χ3n) is 5.62. The monoisotopic (exact) mass is 483 g/mol. The summed E-state index contributed by atoms with van der Waals surface area (Å²) in [7, 11) is 0. The zero-order chi connectivity index (χ0) is 24.5. The first-order valence-electron chi connectivity index (χ1n) is 11.1. The van der Waals surface area contributed by atoms with Gasteiger partial charge < -0.3 is 4.74 Å². The number of aryl methyl sites for hydroxylation is 1. The normalized spacial score (nSPS) is 12.6. The topological polar surface area (TPSA) is 88.6 Å². The number of imide groups is 1. The van der Waals surface area contributed by atoms with Crippen molar-refractivity contribution in [3.8, 4) is 17.0 Å². The molecule has 35 heavy (non-hydrogen) atoms. The molecule has 0 unspecified atom stereocenters. The minimum atomic E-state index is -0.404. The van der Waals surface area contributed by atoms with Gasteiger partial charge in [-0.15, -0.1) is 11.3 Å². The Hall–Kier alpha value is -4.30. The molecule has 4 aromatic rings. The van der Waals surface area contributed by atoms with Crippen LogP contribution in [0.5, 0.6) is 5.75 Å². The standard InChI is InChI=1S/C27H21N3O4S/c1-3-34-20-13-11-17(12-14-20)23-16(2)35-27(28-23)29-24(31)18-7-6-8-19(15-18)30-25(32)21-9-4-5-10-22(21)26(30)33/h4-15H,3H2,1-2H3,(H,28,29,31). The Morgan fingerprint density at radius 1 is 0.971 bits per heavy atom. The smallest absolute Gasteiger partial charge is 0.266 e. The summed E-state index contributed by atoms with van der Waals surface area (Å²) in [5, 5.41) is 3.29. The Bertz CT molecular complexity index is 1420. The minimum Gasteiger partial charge on any atom is -0.494 e. The molecular formula is C27H21N3O4S. The summed E-state index contributed by atoms with van der Waals surface area (Å²) in [6, 6.07) is 20.8. The quantitative estimate of drug-likeness (QED) is 0.362. The van der Waals surface area contributed by atoms with E-state index in [1.165, 1.54) is 17.4 Å². The van der Waals surface area contributed by atoms with Crippen molar-refractivity contribution < 1.29 is 19.1 Å². The molecule has 8 heteroatoms. The number of anilines is 2. The molecule has 1 aromatic heterocycles. The number of carbonyl (C=O) groups excluding carboxylic acids is 3. The molecule has 1 N–H and O–H groups in total. The van der Waals surface area contributed by atoms with Gasteiger partial charge in [-0.1, -0.05) is 18.2 Å². The number of hydrogen-bond donors (Lipinski definition) is 1. The van der Waals surface area contributed by atoms with Crippen LogP contribution in [0.1, 0.15) is 42.9 Å². The second kappa shape index (κ2) is 9.15. The molecule has 0 aliphatic carbocycles. The molecule has 0 fully saturated rings. The minimum absolute atomic E-state index is 0.314. The van der Waals surface area contributed by atoms with Crippen LogP contribution in [0.2, 0.25) is 0 Å². The molecule has 0 atom stereocenters. The molecule has 0 bridgehead atoms. The third kappa shape index (κ3) is 4.20. The number of carbonyl (C=O) groups is 3. The van der Waals surface area contributed by atoms with Crippen LogP contribution >= 0.6 is 11.3 Å². The van der Waals surface area contributed by atoms with Crippen LogP contribution in [0.15, 0.2) is 72.8 Å². The number of hydrogen-bond acceptors (Lipinski definition) is 6. The lowest BCUT2D eigenvalue weighted by Crippen LogP contribution is -2.29. The van der Waals surface area contributed by atoms with E-state index in [4.69, 9.17) is 4.74 Å². The summed E-state index contributed by atoms with van der Waals surface area (Å²) in [5.74, 6) is -0.400. The van der Waals surface area contributed by atoms with Crippen LogP contribution in [0.25, 0.3) is 11.3 Å². The van der Waals surface area contributed by atoms with Crippen LogP contribution in [-0.2, 0) is 0 Å². The predicted molar refractivity (Wildman–Crippen MR) is 135 cm³/mol. The van der Waals surface area contributed by atoms with Gasteiger partial charge in [0.15, 0.2) is 5.13 Å². The molecule has 7 nitrogen and oxygen atoms in total. The molecule has 174 valence electrons. The Morgan fingerprint density at radius 2 is 1.66 bits per heavy atom. The summed E-state index contributed by atoms with van der Waals surface area (Å²) in [6.07, 6.45) is 0. The SMILES string of the molecule is CCOc1ccc(-c2nc(NC(=O)c3cccc(N4C(=O)c5ccccc5C4=O)c3)sc2C)cc1. The van der Waals surface area contributed by atoms with Crippen molar-refractivity contribution in [3.63, 3.8) is 0 Å². The lowest BCUT2D eigenvalue weighted by Gasteiger charge is -2.14. The molecule has 2 heterocycles. The van der Waals surface area contributed by atoms with Crippen LogP contribution < -0.4 is 15.0 Å². The molecule has 5 rings (SSSR count). The second-order valence-electron chi connectivity index (χ2n) is 7.88. The number of aromatic nitrogens is 1. The fourth-order valence-electron chi connectivity index (χ4n) is 3.97. The third-order valence-corrected chi connectivity index (χ3v) is 6.50. The summed E-state index contributed by atoms with van der Waals surface area (Å²) in [6.45, 7) is 4.48. The first kappa shape index (κ1) is 22.5. The summed E-state index contributed by atoms with van der Waals surface area (Å²) in [5.41, 5.74) is 3.08. The zero-order valence-corrected chi connectivity index (χ0v) is 19.9. The van der Waals surface area contributed by atoms with Gasteiger partial charge in [-0.2, -0.15) is 0 Å². The fraction of sp³-hybridized carbons (Fsp3) is 0.111. The van der Waals surface area contributed by atoms with Gasteiger partial charge in [0.1, 0.15) is 5.75 Å². The van der Waals surface area contributed by atoms with Gasteiger partial charge >= 0.3 is 0 Å². The maximum Gasteiger partial charge on any atom is 0.266 e. The molecule has 3 aromatic carbocycles. The Labute approximate surface area is 206 Å². The van der Waals surface area contributed by atoms with Gasteiger partial charge in [-0.25, -0.2) is 9.88 Å². The van der Waals surface area contributed by atoms with Crippen molar-refractivity contribution in [2.75, 3.05) is 16.8 Å². The van der Waals surface area contributed by atoms with E-state index in [2.05, 4.69) is 10.3 Å². The maximum atomic E-state index is 13.0. The Balaban J connectivity index is 1.35. The number of nitrogens with zero attached hydrogens (tertiary/aromatic N) is 2. The van der Waals surface area contributed by atoms with E-state index in [-0.39, 0.29) is 5.91 Å². The van der Waals surface area contributed by atoms with Crippen LogP contribution in [0, 0.1) is 6.92 Å². The molecule has 0 spiro atoms. The predicted octanol–water partition coefficient (Wildman–Crippen LogP) is 5.57.